The molecule has 0 saturated carbocycles. The quantitative estimate of drug-likeness (QED) is 0.0560. The molecule has 0 radical (unpaired) electrons. The minimum Gasteiger partial charge on any atom is -0.481 e. The number of nitrogens with zero attached hydrogens (tertiary/aromatic N) is 2. The van der Waals surface area contributed by atoms with Gasteiger partial charge in [-0.05, 0) is 77.3 Å². The maximum absolute atomic E-state index is 13.9. The van der Waals surface area contributed by atoms with Crippen molar-refractivity contribution in [1.82, 2.24) is 52.0 Å². The average molecular weight is 968 g/mol. The summed E-state index contributed by atoms with van der Waals surface area (Å²) in [5, 5.41) is 37.1. The average Bonchev–Trinajstić information content (AvgIpc) is 4.08. The van der Waals surface area contributed by atoms with Crippen molar-refractivity contribution >= 4 is 76.0 Å². The molecule has 12 N–H and O–H groups in total. The van der Waals surface area contributed by atoms with Gasteiger partial charge in [-0.15, -0.1) is 0 Å². The zero-order valence-electron chi connectivity index (χ0n) is 39.6. The number of carboxylic acid groups (broad SMARTS) is 2. The maximum Gasteiger partial charge on any atom is 0.325 e. The first kappa shape index (κ1) is 54.5. The summed E-state index contributed by atoms with van der Waals surface area (Å²) in [6.07, 6.45) is 1.99. The number of carboxylic acids is 2. The first-order chi connectivity index (χ1) is 32.5. The van der Waals surface area contributed by atoms with Crippen molar-refractivity contribution in [3.05, 3.63) is 36.0 Å². The molecule has 0 bridgehead atoms. The van der Waals surface area contributed by atoms with Crippen molar-refractivity contribution in [1.29, 1.82) is 0 Å². The fraction of sp³-hybridized carbons (Fsp3) is 0.578. The lowest BCUT2D eigenvalue weighted by molar-refractivity contribution is -0.147. The second-order valence-corrected chi connectivity index (χ2v) is 17.9. The second-order valence-electron chi connectivity index (χ2n) is 17.9. The summed E-state index contributed by atoms with van der Waals surface area (Å²) in [5.41, 5.74) is 7.21. The molecule has 2 saturated heterocycles. The van der Waals surface area contributed by atoms with E-state index in [1.54, 1.807) is 6.20 Å². The van der Waals surface area contributed by atoms with E-state index in [9.17, 15) is 57.8 Å². The summed E-state index contributed by atoms with van der Waals surface area (Å²) < 4.78 is 0. The second kappa shape index (κ2) is 24.8. The highest BCUT2D eigenvalue weighted by molar-refractivity contribution is 5.99. The van der Waals surface area contributed by atoms with Crippen LogP contribution in [0.4, 0.5) is 0 Å². The number of hydrogen-bond acceptors (Lipinski definition) is 12. The van der Waals surface area contributed by atoms with Crippen LogP contribution in [0.15, 0.2) is 30.5 Å². The molecule has 69 heavy (non-hydrogen) atoms. The Morgan fingerprint density at radius 2 is 1.23 bits per heavy atom. The monoisotopic (exact) mass is 967 g/mol. The van der Waals surface area contributed by atoms with Gasteiger partial charge in [-0.3, -0.25) is 52.7 Å². The SMILES string of the molecule is CC(C)C[C@H](NC(=O)[C@H](C)N)C(=O)N[C@@H](Cc1c[nH]c2ccccc12)C(=O)NCC(=O)N1CCC[C@H]1C(=O)N[C@@H](CC(=O)O)C(=O)N1CCC[C@H]1C(=O)N[C@@H](C)C(=O)N[C@@H](C)C(=O)N[C@@H](C)C(=O)O. The fourth-order valence-electron chi connectivity index (χ4n) is 8.06. The fourth-order valence-corrected chi connectivity index (χ4v) is 8.06. The van der Waals surface area contributed by atoms with Crippen LogP contribution in [0.5, 0.6) is 0 Å². The highest BCUT2D eigenvalue weighted by Gasteiger charge is 2.42. The first-order valence-electron chi connectivity index (χ1n) is 22.9. The van der Waals surface area contributed by atoms with E-state index in [2.05, 4.69) is 42.2 Å². The number of rotatable bonds is 23. The van der Waals surface area contributed by atoms with E-state index < -0.39 is 132 Å². The molecule has 24 heteroatoms. The number of carbonyl (C=O) groups is 11. The van der Waals surface area contributed by atoms with Gasteiger partial charge in [0.25, 0.3) is 0 Å². The number of likely N-dealkylation sites (tertiary alicyclic amines) is 2. The molecule has 0 unspecified atom stereocenters. The zero-order chi connectivity index (χ0) is 51.3. The van der Waals surface area contributed by atoms with Crippen molar-refractivity contribution in [3.8, 4) is 0 Å². The Morgan fingerprint density at radius 1 is 0.667 bits per heavy atom. The van der Waals surface area contributed by atoms with Crippen LogP contribution in [0.25, 0.3) is 10.9 Å². The van der Waals surface area contributed by atoms with Gasteiger partial charge in [0, 0.05) is 36.6 Å². The van der Waals surface area contributed by atoms with Crippen molar-refractivity contribution in [2.45, 2.75) is 141 Å². The Labute approximate surface area is 398 Å². The molecule has 4 rings (SSSR count). The molecule has 9 atom stereocenters. The first-order valence-corrected chi connectivity index (χ1v) is 22.9. The van der Waals surface area contributed by atoms with Gasteiger partial charge in [-0.1, -0.05) is 32.0 Å². The normalized spacial score (nSPS) is 18.7. The highest BCUT2D eigenvalue weighted by atomic mass is 16.4. The molecule has 2 aromatic rings. The number of aliphatic carboxylic acids is 2. The van der Waals surface area contributed by atoms with Crippen LogP contribution >= 0.6 is 0 Å². The van der Waals surface area contributed by atoms with Gasteiger partial charge in [0.2, 0.25) is 53.2 Å². The van der Waals surface area contributed by atoms with Gasteiger partial charge in [-0.2, -0.15) is 0 Å². The molecule has 0 spiro atoms. The van der Waals surface area contributed by atoms with Crippen molar-refractivity contribution in [2.24, 2.45) is 11.7 Å². The van der Waals surface area contributed by atoms with E-state index in [0.29, 0.717) is 18.4 Å². The van der Waals surface area contributed by atoms with Crippen molar-refractivity contribution in [2.75, 3.05) is 19.6 Å². The number of amides is 9. The van der Waals surface area contributed by atoms with Crippen LogP contribution in [0.2, 0.25) is 0 Å². The number of benzene rings is 1. The molecule has 1 aromatic heterocycles. The molecule has 2 aliphatic rings. The van der Waals surface area contributed by atoms with Crippen LogP contribution < -0.4 is 43.0 Å². The Balaban J connectivity index is 1.42. The summed E-state index contributed by atoms with van der Waals surface area (Å²) in [6.45, 7) is 8.56. The summed E-state index contributed by atoms with van der Waals surface area (Å²) in [7, 11) is 0. The number of aromatic nitrogens is 1. The van der Waals surface area contributed by atoms with E-state index in [1.165, 1.54) is 32.6 Å². The zero-order valence-corrected chi connectivity index (χ0v) is 39.6. The van der Waals surface area contributed by atoms with Crippen LogP contribution in [-0.2, 0) is 59.2 Å². The van der Waals surface area contributed by atoms with Crippen LogP contribution in [-0.4, -0.2) is 164 Å². The van der Waals surface area contributed by atoms with Gasteiger partial charge in [0.05, 0.1) is 19.0 Å². The number of para-hydroxylation sites is 1. The molecule has 24 nitrogen and oxygen atoms in total. The van der Waals surface area contributed by atoms with E-state index >= 15 is 0 Å². The standard InChI is InChI=1S/C45H65N11O13/c1-22(2)17-30(52-37(60)23(3)46)41(64)53-31(18-27-20-47-29-12-8-7-11-28(27)29)40(63)48-21-35(57)55-15-9-13-33(55)43(66)54-32(19-36(58)59)44(67)56-16-10-14-34(56)42(65)50-25(5)38(61)49-24(4)39(62)51-26(6)45(68)69/h7-8,11-12,20,22-26,30-34,47H,9-10,13-19,21,46H2,1-6H3,(H,48,63)(H,49,61)(H,50,65)(H,51,62)(H,52,60)(H,53,64)(H,54,66)(H,58,59)(H,68,69)/t23-,24-,25-,26-,30-,31-,32-,33-,34-/m0/s1. The summed E-state index contributed by atoms with van der Waals surface area (Å²) in [4.78, 5) is 149. The van der Waals surface area contributed by atoms with Gasteiger partial charge in [-0.25, -0.2) is 0 Å². The molecule has 2 fully saturated rings. The predicted octanol–water partition coefficient (Wildman–Crippen LogP) is -2.27. The smallest absolute Gasteiger partial charge is 0.325 e. The largest absolute Gasteiger partial charge is 0.481 e. The summed E-state index contributed by atoms with van der Waals surface area (Å²) >= 11 is 0. The Hall–Kier alpha value is -7.11. The third-order valence-corrected chi connectivity index (χ3v) is 11.8. The number of fused-ring (bicyclic) bond motifs is 1. The summed E-state index contributed by atoms with van der Waals surface area (Å²) in [5.74, 6) is -9.46. The number of carbonyl (C=O) groups excluding carboxylic acids is 9. The van der Waals surface area contributed by atoms with Crippen molar-refractivity contribution < 1.29 is 63.0 Å². The van der Waals surface area contributed by atoms with E-state index in [0.717, 1.165) is 15.8 Å². The van der Waals surface area contributed by atoms with E-state index in [-0.39, 0.29) is 44.7 Å². The van der Waals surface area contributed by atoms with Gasteiger partial charge in [0.1, 0.15) is 48.3 Å². The number of H-pyrrole nitrogens is 1. The molecule has 1 aromatic carbocycles. The number of nitrogens with one attached hydrogen (secondary N) is 8. The van der Waals surface area contributed by atoms with Crippen LogP contribution in [0.3, 0.4) is 0 Å². The molecular formula is C45H65N11O13. The Kier molecular flexibility index (Phi) is 19.6. The molecule has 378 valence electrons. The van der Waals surface area contributed by atoms with Gasteiger partial charge in [0.15, 0.2) is 0 Å². The van der Waals surface area contributed by atoms with E-state index in [4.69, 9.17) is 10.8 Å². The number of aromatic amines is 1. The van der Waals surface area contributed by atoms with Crippen LogP contribution in [0.1, 0.15) is 85.6 Å². The highest BCUT2D eigenvalue weighted by Crippen LogP contribution is 2.23. The Bertz CT molecular complexity index is 2270. The van der Waals surface area contributed by atoms with Gasteiger partial charge >= 0.3 is 11.9 Å². The Morgan fingerprint density at radius 3 is 1.84 bits per heavy atom. The van der Waals surface area contributed by atoms with Gasteiger partial charge < -0.3 is 67.9 Å². The summed E-state index contributed by atoms with van der Waals surface area (Å²) in [6, 6.07) is -3.46. The van der Waals surface area contributed by atoms with Crippen LogP contribution in [0, 0.1) is 5.92 Å². The third-order valence-electron chi connectivity index (χ3n) is 11.8. The molecular weight excluding hydrogens is 903 g/mol. The van der Waals surface area contributed by atoms with E-state index in [1.807, 2.05) is 38.1 Å². The lowest BCUT2D eigenvalue weighted by atomic mass is 10.0. The lowest BCUT2D eigenvalue weighted by Gasteiger charge is -2.30. The topological polar surface area (TPSA) is 361 Å². The molecule has 3 heterocycles. The molecule has 2 aliphatic heterocycles. The predicted molar refractivity (Wildman–Crippen MR) is 246 cm³/mol. The third kappa shape index (κ3) is 15.2. The van der Waals surface area contributed by atoms with Crippen molar-refractivity contribution in [3.63, 3.8) is 0 Å². The maximum atomic E-state index is 13.9. The minimum absolute atomic E-state index is 0.0105. The minimum atomic E-state index is -1.67. The number of hydrogen-bond donors (Lipinski definition) is 11. The molecule has 0 aliphatic carbocycles. The molecule has 9 amide bonds. The number of nitrogens with two attached hydrogens (primary N) is 1. The lowest BCUT2D eigenvalue weighted by Crippen LogP contribution is -2.59.